The summed E-state index contributed by atoms with van der Waals surface area (Å²) >= 11 is 5.88. The number of nitrogens with two attached hydrogens (primary N) is 1. The van der Waals surface area contributed by atoms with E-state index in [1.54, 1.807) is 0 Å². The zero-order chi connectivity index (χ0) is 15.8. The maximum atomic E-state index is 13.7. The van der Waals surface area contributed by atoms with Crippen molar-refractivity contribution in [3.63, 3.8) is 0 Å². The van der Waals surface area contributed by atoms with Crippen molar-refractivity contribution in [3.8, 4) is 0 Å². The molecule has 0 aliphatic rings. The van der Waals surface area contributed by atoms with E-state index in [0.717, 1.165) is 12.1 Å². The molecular formula is C12H8Br2F2N2O2S. The van der Waals surface area contributed by atoms with E-state index in [1.165, 1.54) is 18.2 Å². The van der Waals surface area contributed by atoms with E-state index >= 15 is 0 Å². The van der Waals surface area contributed by atoms with Gasteiger partial charge in [0.1, 0.15) is 16.5 Å². The number of nitrogen functional groups attached to an aromatic ring is 1. The van der Waals surface area contributed by atoms with Crippen LogP contribution in [0.1, 0.15) is 0 Å². The van der Waals surface area contributed by atoms with Crippen LogP contribution in [0.3, 0.4) is 0 Å². The lowest BCUT2D eigenvalue weighted by Crippen LogP contribution is -2.15. The Bertz CT molecular complexity index is 813. The van der Waals surface area contributed by atoms with E-state index in [1.807, 2.05) is 4.72 Å². The lowest BCUT2D eigenvalue weighted by atomic mass is 10.3. The van der Waals surface area contributed by atoms with Gasteiger partial charge in [0.2, 0.25) is 0 Å². The van der Waals surface area contributed by atoms with Gasteiger partial charge in [-0.3, -0.25) is 4.72 Å². The quantitative estimate of drug-likeness (QED) is 0.560. The molecule has 21 heavy (non-hydrogen) atoms. The molecular weight excluding hydrogens is 434 g/mol. The molecule has 2 aromatic carbocycles. The van der Waals surface area contributed by atoms with Crippen molar-refractivity contribution in [2.45, 2.75) is 4.90 Å². The predicted molar refractivity (Wildman–Crippen MR) is 83.4 cm³/mol. The van der Waals surface area contributed by atoms with Crippen molar-refractivity contribution in [3.05, 3.63) is 50.9 Å². The van der Waals surface area contributed by atoms with E-state index < -0.39 is 27.3 Å². The molecule has 0 bridgehead atoms. The molecule has 0 aliphatic carbocycles. The fourth-order valence-electron chi connectivity index (χ4n) is 1.53. The fourth-order valence-corrected chi connectivity index (χ4v) is 3.90. The minimum atomic E-state index is -4.12. The third-order valence-corrected chi connectivity index (χ3v) is 5.47. The molecule has 0 unspecified atom stereocenters. The Labute approximate surface area is 136 Å². The number of benzene rings is 2. The highest BCUT2D eigenvalue weighted by molar-refractivity contribution is 9.10. The van der Waals surface area contributed by atoms with Gasteiger partial charge in [-0.25, -0.2) is 17.2 Å². The van der Waals surface area contributed by atoms with Crippen LogP contribution in [0.25, 0.3) is 0 Å². The van der Waals surface area contributed by atoms with Crippen molar-refractivity contribution in [2.75, 3.05) is 10.5 Å². The van der Waals surface area contributed by atoms with Crippen LogP contribution in [0.5, 0.6) is 0 Å². The van der Waals surface area contributed by atoms with E-state index in [-0.39, 0.29) is 19.5 Å². The minimum absolute atomic E-state index is 0.104. The van der Waals surface area contributed by atoms with Crippen molar-refractivity contribution in [1.29, 1.82) is 0 Å². The summed E-state index contributed by atoms with van der Waals surface area (Å²) in [5.41, 5.74) is 5.27. The molecule has 2 aromatic rings. The number of nitrogens with one attached hydrogen (secondary N) is 1. The van der Waals surface area contributed by atoms with Gasteiger partial charge < -0.3 is 5.73 Å². The van der Waals surface area contributed by atoms with E-state index in [2.05, 4.69) is 31.9 Å². The molecule has 0 atom stereocenters. The first-order valence-electron chi connectivity index (χ1n) is 5.43. The summed E-state index contributed by atoms with van der Waals surface area (Å²) in [6.07, 6.45) is 0. The SMILES string of the molecule is Nc1ccc(Br)c(S(=O)(=O)Nc2cc(F)c(Br)cc2F)c1. The van der Waals surface area contributed by atoms with E-state index in [4.69, 9.17) is 5.73 Å². The highest BCUT2D eigenvalue weighted by Crippen LogP contribution is 2.29. The van der Waals surface area contributed by atoms with Crippen LogP contribution in [0, 0.1) is 11.6 Å². The second-order valence-electron chi connectivity index (χ2n) is 4.04. The van der Waals surface area contributed by atoms with Gasteiger partial charge in [0, 0.05) is 16.2 Å². The van der Waals surface area contributed by atoms with Gasteiger partial charge in [0.15, 0.2) is 0 Å². The highest BCUT2D eigenvalue weighted by atomic mass is 79.9. The van der Waals surface area contributed by atoms with Crippen LogP contribution in [-0.2, 0) is 10.0 Å². The normalized spacial score (nSPS) is 11.4. The number of halogens is 4. The summed E-state index contributed by atoms with van der Waals surface area (Å²) in [5, 5.41) is 0. The van der Waals surface area contributed by atoms with Crippen molar-refractivity contribution < 1.29 is 17.2 Å². The molecule has 9 heteroatoms. The van der Waals surface area contributed by atoms with Gasteiger partial charge in [-0.15, -0.1) is 0 Å². The second kappa shape index (κ2) is 5.90. The zero-order valence-electron chi connectivity index (χ0n) is 10.2. The molecule has 0 heterocycles. The fraction of sp³-hybridized carbons (Fsp3) is 0. The topological polar surface area (TPSA) is 72.2 Å². The predicted octanol–water partition coefficient (Wildman–Crippen LogP) is 3.87. The molecule has 0 aliphatic heterocycles. The Hall–Kier alpha value is -1.19. The van der Waals surface area contributed by atoms with Gasteiger partial charge in [0.05, 0.1) is 10.2 Å². The molecule has 0 saturated carbocycles. The van der Waals surface area contributed by atoms with Gasteiger partial charge in [-0.2, -0.15) is 0 Å². The summed E-state index contributed by atoms with van der Waals surface area (Å²) in [6, 6.07) is 5.74. The number of hydrogen-bond acceptors (Lipinski definition) is 3. The standard InChI is InChI=1S/C12H8Br2F2N2O2S/c13-7-2-1-6(17)3-12(7)21(19,20)18-11-5-9(15)8(14)4-10(11)16/h1-5,18H,17H2. The van der Waals surface area contributed by atoms with Gasteiger partial charge in [-0.1, -0.05) is 0 Å². The molecule has 2 rings (SSSR count). The summed E-state index contributed by atoms with van der Waals surface area (Å²) < 4.78 is 53.7. The lowest BCUT2D eigenvalue weighted by molar-refractivity contribution is 0.591. The van der Waals surface area contributed by atoms with Crippen LogP contribution in [0.15, 0.2) is 44.2 Å². The lowest BCUT2D eigenvalue weighted by Gasteiger charge is -2.11. The van der Waals surface area contributed by atoms with Crippen LogP contribution >= 0.6 is 31.9 Å². The second-order valence-corrected chi connectivity index (χ2v) is 7.40. The van der Waals surface area contributed by atoms with Crippen LogP contribution in [-0.4, -0.2) is 8.42 Å². The summed E-state index contributed by atoms with van der Waals surface area (Å²) in [6.45, 7) is 0. The molecule has 4 nitrogen and oxygen atoms in total. The third-order valence-electron chi connectivity index (χ3n) is 2.50. The van der Waals surface area contributed by atoms with Crippen molar-refractivity contribution in [1.82, 2.24) is 0 Å². The molecule has 0 spiro atoms. The average Bonchev–Trinajstić information content (AvgIpc) is 2.38. The van der Waals surface area contributed by atoms with Gasteiger partial charge >= 0.3 is 0 Å². The molecule has 3 N–H and O–H groups in total. The molecule has 0 amide bonds. The first-order valence-corrected chi connectivity index (χ1v) is 8.50. The highest BCUT2D eigenvalue weighted by Gasteiger charge is 2.20. The average molecular weight is 442 g/mol. The minimum Gasteiger partial charge on any atom is -0.399 e. The van der Waals surface area contributed by atoms with Gasteiger partial charge in [-0.05, 0) is 56.1 Å². The largest absolute Gasteiger partial charge is 0.399 e. The summed E-state index contributed by atoms with van der Waals surface area (Å²) in [7, 11) is -4.12. The van der Waals surface area contributed by atoms with Crippen molar-refractivity contribution in [2.24, 2.45) is 0 Å². The Morgan fingerprint density at radius 1 is 1.00 bits per heavy atom. The number of hydrogen-bond donors (Lipinski definition) is 2. The summed E-state index contributed by atoms with van der Waals surface area (Å²) in [4.78, 5) is -0.176. The Morgan fingerprint density at radius 3 is 2.33 bits per heavy atom. The van der Waals surface area contributed by atoms with Crippen molar-refractivity contribution >= 4 is 53.3 Å². The number of anilines is 2. The smallest absolute Gasteiger partial charge is 0.263 e. The molecule has 0 saturated heterocycles. The van der Waals surface area contributed by atoms with E-state index in [9.17, 15) is 17.2 Å². The number of sulfonamides is 1. The maximum absolute atomic E-state index is 13.7. The monoisotopic (exact) mass is 440 g/mol. The molecule has 0 fully saturated rings. The van der Waals surface area contributed by atoms with Crippen LogP contribution in [0.2, 0.25) is 0 Å². The summed E-state index contributed by atoms with van der Waals surface area (Å²) in [5.74, 6) is -1.70. The first kappa shape index (κ1) is 16.2. The molecule has 0 aromatic heterocycles. The third kappa shape index (κ3) is 3.53. The Kier molecular flexibility index (Phi) is 4.54. The molecule has 112 valence electrons. The Morgan fingerprint density at radius 2 is 1.67 bits per heavy atom. The van der Waals surface area contributed by atoms with E-state index in [0.29, 0.717) is 0 Å². The Balaban J connectivity index is 2.47. The van der Waals surface area contributed by atoms with Crippen LogP contribution in [0.4, 0.5) is 20.2 Å². The first-order chi connectivity index (χ1) is 9.70. The van der Waals surface area contributed by atoms with Gasteiger partial charge in [0.25, 0.3) is 10.0 Å². The zero-order valence-corrected chi connectivity index (χ0v) is 14.2. The molecule has 0 radical (unpaired) electrons. The number of rotatable bonds is 3. The van der Waals surface area contributed by atoms with Crippen LogP contribution < -0.4 is 10.5 Å². The maximum Gasteiger partial charge on any atom is 0.263 e.